The van der Waals surface area contributed by atoms with Gasteiger partial charge >= 0.3 is 0 Å². The van der Waals surface area contributed by atoms with E-state index in [4.69, 9.17) is 11.6 Å². The second kappa shape index (κ2) is 8.62. The summed E-state index contributed by atoms with van der Waals surface area (Å²) in [5.74, 6) is -0.401. The normalized spacial score (nSPS) is 14.3. The van der Waals surface area contributed by atoms with Crippen molar-refractivity contribution in [3.63, 3.8) is 0 Å². The monoisotopic (exact) mass is 402 g/mol. The number of hydrogen-bond acceptors (Lipinski definition) is 3. The molecule has 0 amide bonds. The van der Waals surface area contributed by atoms with Gasteiger partial charge in [0.15, 0.2) is 5.78 Å². The van der Waals surface area contributed by atoms with Gasteiger partial charge in [-0.2, -0.15) is 0 Å². The van der Waals surface area contributed by atoms with E-state index >= 15 is 0 Å². The van der Waals surface area contributed by atoms with Crippen LogP contribution in [-0.2, 0) is 19.4 Å². The molecule has 3 nitrogen and oxygen atoms in total. The summed E-state index contributed by atoms with van der Waals surface area (Å²) in [6.45, 7) is 8.18. The Hall–Kier alpha value is -1.91. The molecule has 2 aromatic carbocycles. The molecule has 1 heterocycles. The fourth-order valence-electron chi connectivity index (χ4n) is 3.57. The maximum absolute atomic E-state index is 14.6. The standard InChI is InChI=1S/C23H28ClFN2O/c1-23(2,3)13-21(28)16-4-5-17(20(25)12-16)14-27-22-18-9-11-26-10-8-15(18)6-7-19(22)24/h4-7,12,26-27H,8-11,13-14H2,1-3H3. The predicted octanol–water partition coefficient (Wildman–Crippen LogP) is 5.40. The van der Waals surface area contributed by atoms with E-state index in [9.17, 15) is 9.18 Å². The van der Waals surface area contributed by atoms with Crippen molar-refractivity contribution in [1.29, 1.82) is 0 Å². The van der Waals surface area contributed by atoms with Crippen LogP contribution < -0.4 is 10.6 Å². The predicted molar refractivity (Wildman–Crippen MR) is 114 cm³/mol. The van der Waals surface area contributed by atoms with E-state index in [0.717, 1.165) is 31.6 Å². The minimum atomic E-state index is -0.368. The Balaban J connectivity index is 1.76. The van der Waals surface area contributed by atoms with Crippen molar-refractivity contribution in [1.82, 2.24) is 5.32 Å². The van der Waals surface area contributed by atoms with Gasteiger partial charge in [0.05, 0.1) is 10.7 Å². The Morgan fingerprint density at radius 2 is 1.93 bits per heavy atom. The lowest BCUT2D eigenvalue weighted by Gasteiger charge is -2.18. The third-order valence-corrected chi connectivity index (χ3v) is 5.32. The number of halogens is 2. The summed E-state index contributed by atoms with van der Waals surface area (Å²) in [7, 11) is 0. The third kappa shape index (κ3) is 5.12. The largest absolute Gasteiger partial charge is 0.379 e. The number of benzene rings is 2. The molecule has 2 aromatic rings. The molecule has 0 saturated carbocycles. The number of anilines is 1. The van der Waals surface area contributed by atoms with Crippen LogP contribution in [0.2, 0.25) is 5.02 Å². The van der Waals surface area contributed by atoms with Gasteiger partial charge in [0, 0.05) is 24.1 Å². The Morgan fingerprint density at radius 1 is 1.18 bits per heavy atom. The molecule has 3 rings (SSSR count). The molecule has 150 valence electrons. The van der Waals surface area contributed by atoms with Crippen LogP contribution in [-0.4, -0.2) is 18.9 Å². The first-order chi connectivity index (χ1) is 13.2. The minimum Gasteiger partial charge on any atom is -0.379 e. The van der Waals surface area contributed by atoms with Crippen molar-refractivity contribution in [3.8, 4) is 0 Å². The van der Waals surface area contributed by atoms with Gasteiger partial charge < -0.3 is 10.6 Å². The lowest BCUT2D eigenvalue weighted by atomic mass is 9.87. The lowest BCUT2D eigenvalue weighted by Crippen LogP contribution is -2.16. The van der Waals surface area contributed by atoms with Crippen molar-refractivity contribution in [2.75, 3.05) is 18.4 Å². The Labute approximate surface area is 171 Å². The number of rotatable bonds is 5. The first-order valence-electron chi connectivity index (χ1n) is 9.81. The van der Waals surface area contributed by atoms with E-state index < -0.39 is 0 Å². The molecule has 1 aliphatic rings. The highest BCUT2D eigenvalue weighted by atomic mass is 35.5. The summed E-state index contributed by atoms with van der Waals surface area (Å²) in [5.41, 5.74) is 4.19. The Bertz CT molecular complexity index is 874. The summed E-state index contributed by atoms with van der Waals surface area (Å²) in [6, 6.07) is 8.73. The highest BCUT2D eigenvalue weighted by Crippen LogP contribution is 2.31. The average molecular weight is 403 g/mol. The van der Waals surface area contributed by atoms with Gasteiger partial charge in [-0.05, 0) is 54.6 Å². The quantitative estimate of drug-likeness (QED) is 0.658. The zero-order chi connectivity index (χ0) is 20.3. The topological polar surface area (TPSA) is 41.1 Å². The summed E-state index contributed by atoms with van der Waals surface area (Å²) in [4.78, 5) is 12.3. The molecule has 2 N–H and O–H groups in total. The third-order valence-electron chi connectivity index (χ3n) is 5.00. The smallest absolute Gasteiger partial charge is 0.163 e. The van der Waals surface area contributed by atoms with Crippen molar-refractivity contribution in [3.05, 3.63) is 63.4 Å². The molecule has 0 atom stereocenters. The summed E-state index contributed by atoms with van der Waals surface area (Å²) < 4.78 is 14.6. The lowest BCUT2D eigenvalue weighted by molar-refractivity contribution is 0.0939. The molecule has 28 heavy (non-hydrogen) atoms. The molecule has 0 fully saturated rings. The van der Waals surface area contributed by atoms with Crippen LogP contribution in [0, 0.1) is 11.2 Å². The van der Waals surface area contributed by atoms with Crippen LogP contribution in [0.5, 0.6) is 0 Å². The molecule has 0 radical (unpaired) electrons. The molecule has 0 aliphatic carbocycles. The SMILES string of the molecule is CC(C)(C)CC(=O)c1ccc(CNc2c(Cl)ccc3c2CCNCC3)c(F)c1. The van der Waals surface area contributed by atoms with E-state index in [2.05, 4.69) is 16.7 Å². The van der Waals surface area contributed by atoms with Gasteiger partial charge in [-0.25, -0.2) is 4.39 Å². The van der Waals surface area contributed by atoms with Crippen molar-refractivity contribution in [2.45, 2.75) is 46.6 Å². The maximum Gasteiger partial charge on any atom is 0.163 e. The molecule has 1 aliphatic heterocycles. The number of Topliss-reactive ketones (excluding diaryl/α,β-unsaturated/α-hetero) is 1. The molecule has 0 saturated heterocycles. The van der Waals surface area contributed by atoms with E-state index in [-0.39, 0.29) is 17.0 Å². The van der Waals surface area contributed by atoms with Gasteiger partial charge in [-0.3, -0.25) is 4.79 Å². The molecular formula is C23H28ClFN2O. The molecule has 5 heteroatoms. The van der Waals surface area contributed by atoms with Gasteiger partial charge in [-0.1, -0.05) is 50.6 Å². The first kappa shape index (κ1) is 20.8. The van der Waals surface area contributed by atoms with Gasteiger partial charge in [-0.15, -0.1) is 0 Å². The molecule has 0 bridgehead atoms. The first-order valence-corrected chi connectivity index (χ1v) is 10.2. The number of hydrogen-bond donors (Lipinski definition) is 2. The average Bonchev–Trinajstić information content (AvgIpc) is 2.86. The summed E-state index contributed by atoms with van der Waals surface area (Å²) in [5, 5.41) is 7.37. The number of ketones is 1. The van der Waals surface area contributed by atoms with Crippen LogP contribution >= 0.6 is 11.6 Å². The fourth-order valence-corrected chi connectivity index (χ4v) is 3.81. The van der Waals surface area contributed by atoms with Gasteiger partial charge in [0.25, 0.3) is 0 Å². The van der Waals surface area contributed by atoms with Crippen LogP contribution in [0.3, 0.4) is 0 Å². The van der Waals surface area contributed by atoms with E-state index in [1.807, 2.05) is 26.8 Å². The summed E-state index contributed by atoms with van der Waals surface area (Å²) >= 11 is 6.43. The number of fused-ring (bicyclic) bond motifs is 1. The summed E-state index contributed by atoms with van der Waals surface area (Å²) in [6.07, 6.45) is 2.24. The van der Waals surface area contributed by atoms with Gasteiger partial charge in [0.1, 0.15) is 5.82 Å². The van der Waals surface area contributed by atoms with E-state index in [1.165, 1.54) is 17.2 Å². The zero-order valence-corrected chi connectivity index (χ0v) is 17.5. The van der Waals surface area contributed by atoms with Gasteiger partial charge in [0.2, 0.25) is 0 Å². The van der Waals surface area contributed by atoms with Crippen molar-refractivity contribution in [2.24, 2.45) is 5.41 Å². The maximum atomic E-state index is 14.6. The molecule has 0 unspecified atom stereocenters. The zero-order valence-electron chi connectivity index (χ0n) is 16.8. The van der Waals surface area contributed by atoms with Crippen molar-refractivity contribution < 1.29 is 9.18 Å². The van der Waals surface area contributed by atoms with E-state index in [0.29, 0.717) is 29.1 Å². The molecule has 0 aromatic heterocycles. The second-order valence-electron chi connectivity index (χ2n) is 8.63. The number of carbonyl (C=O) groups excluding carboxylic acids is 1. The molecular weight excluding hydrogens is 375 g/mol. The van der Waals surface area contributed by atoms with E-state index in [1.54, 1.807) is 12.1 Å². The highest BCUT2D eigenvalue weighted by Gasteiger charge is 2.19. The second-order valence-corrected chi connectivity index (χ2v) is 9.04. The fraction of sp³-hybridized carbons (Fsp3) is 0.435. The minimum absolute atomic E-state index is 0.0326. The van der Waals surface area contributed by atoms with Crippen LogP contribution in [0.1, 0.15) is 54.2 Å². The van der Waals surface area contributed by atoms with Crippen LogP contribution in [0.15, 0.2) is 30.3 Å². The Morgan fingerprint density at radius 3 is 2.64 bits per heavy atom. The number of nitrogens with one attached hydrogen (secondary N) is 2. The van der Waals surface area contributed by atoms with Crippen LogP contribution in [0.4, 0.5) is 10.1 Å². The number of carbonyl (C=O) groups is 1. The molecule has 0 spiro atoms. The van der Waals surface area contributed by atoms with Crippen molar-refractivity contribution >= 4 is 23.1 Å². The Kier molecular flexibility index (Phi) is 6.41. The van der Waals surface area contributed by atoms with Crippen LogP contribution in [0.25, 0.3) is 0 Å². The highest BCUT2D eigenvalue weighted by molar-refractivity contribution is 6.33.